The lowest BCUT2D eigenvalue weighted by atomic mass is 10.0. The van der Waals surface area contributed by atoms with Crippen LogP contribution in [0.15, 0.2) is 28.7 Å². The molecule has 0 aliphatic heterocycles. The Morgan fingerprint density at radius 3 is 2.53 bits per heavy atom. The fourth-order valence-corrected chi connectivity index (χ4v) is 4.18. The van der Waals surface area contributed by atoms with Crippen molar-refractivity contribution in [1.82, 2.24) is 5.32 Å². The van der Waals surface area contributed by atoms with Crippen molar-refractivity contribution in [2.45, 2.75) is 26.8 Å². The van der Waals surface area contributed by atoms with Gasteiger partial charge in [-0.1, -0.05) is 13.0 Å². The van der Waals surface area contributed by atoms with Gasteiger partial charge >= 0.3 is 0 Å². The van der Waals surface area contributed by atoms with E-state index in [0.29, 0.717) is 0 Å². The number of hydrogen-bond acceptors (Lipinski definition) is 2. The van der Waals surface area contributed by atoms with Crippen LogP contribution in [0.2, 0.25) is 0 Å². The summed E-state index contributed by atoms with van der Waals surface area (Å²) in [4.78, 5) is 2.45. The molecule has 102 valence electrons. The Balaban J connectivity index is 2.47. The predicted octanol–water partition coefficient (Wildman–Crippen LogP) is 4.97. The molecule has 1 aromatic heterocycles. The van der Waals surface area contributed by atoms with Crippen molar-refractivity contribution in [3.8, 4) is 0 Å². The van der Waals surface area contributed by atoms with E-state index < -0.39 is 0 Å². The van der Waals surface area contributed by atoms with Crippen molar-refractivity contribution in [2.75, 3.05) is 6.54 Å². The minimum Gasteiger partial charge on any atom is -0.306 e. The van der Waals surface area contributed by atoms with Gasteiger partial charge in [0.05, 0.1) is 6.04 Å². The van der Waals surface area contributed by atoms with E-state index >= 15 is 0 Å². The zero-order valence-electron chi connectivity index (χ0n) is 11.3. The molecule has 0 saturated heterocycles. The zero-order valence-corrected chi connectivity index (χ0v) is 13.7. The number of benzene rings is 1. The standard InChI is InChI=1S/C15H17BrFNS/c1-4-18-14(15-13(16)7-10(3)19-15)11-5-9(2)6-12(17)8-11/h5-8,14,18H,4H2,1-3H3. The van der Waals surface area contributed by atoms with Gasteiger partial charge in [0.25, 0.3) is 0 Å². The van der Waals surface area contributed by atoms with E-state index in [4.69, 9.17) is 0 Å². The van der Waals surface area contributed by atoms with Crippen molar-refractivity contribution in [1.29, 1.82) is 0 Å². The van der Waals surface area contributed by atoms with Gasteiger partial charge in [0.2, 0.25) is 0 Å². The largest absolute Gasteiger partial charge is 0.306 e. The van der Waals surface area contributed by atoms with Crippen LogP contribution < -0.4 is 5.32 Å². The lowest BCUT2D eigenvalue weighted by Crippen LogP contribution is -2.21. The molecular formula is C15H17BrFNS. The molecule has 2 aromatic rings. The third-order valence-electron chi connectivity index (χ3n) is 2.90. The summed E-state index contributed by atoms with van der Waals surface area (Å²) < 4.78 is 14.7. The van der Waals surface area contributed by atoms with E-state index in [1.807, 2.05) is 13.0 Å². The molecule has 4 heteroatoms. The molecule has 19 heavy (non-hydrogen) atoms. The SMILES string of the molecule is CCNC(c1cc(C)cc(F)c1)c1sc(C)cc1Br. The summed E-state index contributed by atoms with van der Waals surface area (Å²) >= 11 is 5.34. The smallest absolute Gasteiger partial charge is 0.123 e. The fraction of sp³-hybridized carbons (Fsp3) is 0.333. The molecule has 0 spiro atoms. The van der Waals surface area contributed by atoms with Crippen LogP contribution in [0.3, 0.4) is 0 Å². The third kappa shape index (κ3) is 3.44. The molecule has 2 rings (SSSR count). The Morgan fingerprint density at radius 1 is 1.26 bits per heavy atom. The maximum absolute atomic E-state index is 13.6. The minimum atomic E-state index is -0.178. The molecule has 1 aromatic carbocycles. The van der Waals surface area contributed by atoms with Crippen LogP contribution in [-0.4, -0.2) is 6.54 Å². The number of thiophene rings is 1. The predicted molar refractivity (Wildman–Crippen MR) is 83.4 cm³/mol. The van der Waals surface area contributed by atoms with Gasteiger partial charge in [-0.15, -0.1) is 11.3 Å². The monoisotopic (exact) mass is 341 g/mol. The highest BCUT2D eigenvalue weighted by molar-refractivity contribution is 9.10. The highest BCUT2D eigenvalue weighted by Crippen LogP contribution is 2.36. The summed E-state index contributed by atoms with van der Waals surface area (Å²) in [7, 11) is 0. The molecule has 0 saturated carbocycles. The molecule has 1 nitrogen and oxygen atoms in total. The second kappa shape index (κ2) is 6.16. The summed E-state index contributed by atoms with van der Waals surface area (Å²) in [6.07, 6.45) is 0. The summed E-state index contributed by atoms with van der Waals surface area (Å²) in [6.45, 7) is 6.90. The summed E-state index contributed by atoms with van der Waals surface area (Å²) in [5.74, 6) is -0.178. The number of nitrogens with one attached hydrogen (secondary N) is 1. The molecule has 0 aliphatic rings. The quantitative estimate of drug-likeness (QED) is 0.828. The van der Waals surface area contributed by atoms with E-state index in [9.17, 15) is 4.39 Å². The molecule has 1 N–H and O–H groups in total. The van der Waals surface area contributed by atoms with Gasteiger partial charge in [-0.05, 0) is 65.6 Å². The number of halogens is 2. The second-order valence-electron chi connectivity index (χ2n) is 4.62. The van der Waals surface area contributed by atoms with Gasteiger partial charge in [-0.25, -0.2) is 4.39 Å². The van der Waals surface area contributed by atoms with Crippen molar-refractivity contribution in [3.63, 3.8) is 0 Å². The van der Waals surface area contributed by atoms with Crippen LogP contribution in [0.4, 0.5) is 4.39 Å². The minimum absolute atomic E-state index is 0.0347. The first-order valence-corrected chi connectivity index (χ1v) is 7.88. The van der Waals surface area contributed by atoms with Gasteiger partial charge in [0.1, 0.15) is 5.82 Å². The van der Waals surface area contributed by atoms with Gasteiger partial charge < -0.3 is 5.32 Å². The van der Waals surface area contributed by atoms with Crippen molar-refractivity contribution in [3.05, 3.63) is 55.4 Å². The van der Waals surface area contributed by atoms with Crippen LogP contribution in [0.25, 0.3) is 0 Å². The number of hydrogen-bond donors (Lipinski definition) is 1. The second-order valence-corrected chi connectivity index (χ2v) is 6.76. The van der Waals surface area contributed by atoms with E-state index in [0.717, 1.165) is 22.1 Å². The van der Waals surface area contributed by atoms with E-state index in [-0.39, 0.29) is 11.9 Å². The van der Waals surface area contributed by atoms with Crippen molar-refractivity contribution >= 4 is 27.3 Å². The third-order valence-corrected chi connectivity index (χ3v) is 4.94. The Hall–Kier alpha value is -0.710. The average molecular weight is 342 g/mol. The van der Waals surface area contributed by atoms with E-state index in [2.05, 4.69) is 41.2 Å². The van der Waals surface area contributed by atoms with Crippen LogP contribution in [0.5, 0.6) is 0 Å². The van der Waals surface area contributed by atoms with Gasteiger partial charge in [0, 0.05) is 14.2 Å². The van der Waals surface area contributed by atoms with Crippen LogP contribution in [0, 0.1) is 19.7 Å². The van der Waals surface area contributed by atoms with E-state index in [1.165, 1.54) is 9.75 Å². The first kappa shape index (κ1) is 14.7. The fourth-order valence-electron chi connectivity index (χ4n) is 2.20. The first-order chi connectivity index (χ1) is 9.01. The normalized spacial score (nSPS) is 12.7. The molecule has 0 fully saturated rings. The molecule has 0 aliphatic carbocycles. The molecule has 1 unspecified atom stereocenters. The Labute approximate surface area is 126 Å². The summed E-state index contributed by atoms with van der Waals surface area (Å²) in [5, 5.41) is 3.44. The molecule has 0 amide bonds. The van der Waals surface area contributed by atoms with Crippen LogP contribution in [-0.2, 0) is 0 Å². The van der Waals surface area contributed by atoms with Gasteiger partial charge in [-0.3, -0.25) is 0 Å². The average Bonchev–Trinajstić information content (AvgIpc) is 2.64. The molecule has 0 radical (unpaired) electrons. The lowest BCUT2D eigenvalue weighted by Gasteiger charge is -2.18. The summed E-state index contributed by atoms with van der Waals surface area (Å²) in [6, 6.07) is 7.35. The molecule has 1 atom stereocenters. The van der Waals surface area contributed by atoms with Crippen LogP contribution in [0.1, 0.15) is 33.8 Å². The maximum atomic E-state index is 13.6. The number of rotatable bonds is 4. The highest BCUT2D eigenvalue weighted by Gasteiger charge is 2.19. The maximum Gasteiger partial charge on any atom is 0.123 e. The van der Waals surface area contributed by atoms with Crippen LogP contribution >= 0.6 is 27.3 Å². The zero-order chi connectivity index (χ0) is 14.0. The molecule has 0 bridgehead atoms. The lowest BCUT2D eigenvalue weighted by molar-refractivity contribution is 0.605. The van der Waals surface area contributed by atoms with Gasteiger partial charge in [-0.2, -0.15) is 0 Å². The van der Waals surface area contributed by atoms with Crippen molar-refractivity contribution in [2.24, 2.45) is 0 Å². The Morgan fingerprint density at radius 2 is 2.00 bits per heavy atom. The Kier molecular flexibility index (Phi) is 4.76. The summed E-state index contributed by atoms with van der Waals surface area (Å²) in [5.41, 5.74) is 1.92. The first-order valence-electron chi connectivity index (χ1n) is 6.27. The topological polar surface area (TPSA) is 12.0 Å². The Bertz CT molecular complexity index is 559. The van der Waals surface area contributed by atoms with E-state index in [1.54, 1.807) is 23.5 Å². The highest BCUT2D eigenvalue weighted by atomic mass is 79.9. The van der Waals surface area contributed by atoms with Gasteiger partial charge in [0.15, 0.2) is 0 Å². The number of aryl methyl sites for hydroxylation is 2. The molecule has 1 heterocycles. The molecular weight excluding hydrogens is 325 g/mol. The van der Waals surface area contributed by atoms with Crippen molar-refractivity contribution < 1.29 is 4.39 Å².